The summed E-state index contributed by atoms with van der Waals surface area (Å²) in [5.74, 6) is 0.196. The molecular weight excluding hydrogens is 383 g/mol. The maximum atomic E-state index is 12.2. The minimum Gasteiger partial charge on any atom is -0.482 e. The topological polar surface area (TPSA) is 67.4 Å². The zero-order valence-electron chi connectivity index (χ0n) is 10.9. The maximum Gasteiger partial charge on any atom is 0.262 e. The second-order valence-corrected chi connectivity index (χ2v) is 5.76. The number of hydrogen-bond donors (Lipinski definition) is 2. The number of ether oxygens (including phenoxy) is 1. The number of fused-ring (bicyclic) bond motifs is 1. The Bertz CT molecular complexity index is 731. The number of hydrogen-bond acceptors (Lipinski definition) is 3. The highest BCUT2D eigenvalue weighted by Crippen LogP contribution is 2.30. The van der Waals surface area contributed by atoms with Crippen LogP contribution in [-0.2, 0) is 4.79 Å². The number of carbonyl (C=O) groups excluding carboxylic acids is 2. The van der Waals surface area contributed by atoms with Crippen LogP contribution < -0.4 is 15.4 Å². The first kappa shape index (κ1) is 13.9. The van der Waals surface area contributed by atoms with Crippen LogP contribution in [0.5, 0.6) is 5.75 Å². The highest BCUT2D eigenvalue weighted by molar-refractivity contribution is 14.1. The zero-order chi connectivity index (χ0) is 14.8. The van der Waals surface area contributed by atoms with Crippen LogP contribution in [0, 0.1) is 3.57 Å². The van der Waals surface area contributed by atoms with Gasteiger partial charge in [-0.05, 0) is 59.0 Å². The molecule has 1 aliphatic heterocycles. The van der Waals surface area contributed by atoms with Gasteiger partial charge in [-0.25, -0.2) is 0 Å². The average Bonchev–Trinajstić information content (AvgIpc) is 2.46. The highest BCUT2D eigenvalue weighted by atomic mass is 127. The molecule has 0 saturated heterocycles. The first-order valence-corrected chi connectivity index (χ1v) is 7.33. The van der Waals surface area contributed by atoms with Gasteiger partial charge in [0.2, 0.25) is 0 Å². The Morgan fingerprint density at radius 3 is 2.90 bits per heavy atom. The van der Waals surface area contributed by atoms with E-state index in [4.69, 9.17) is 4.74 Å². The van der Waals surface area contributed by atoms with Crippen molar-refractivity contribution in [1.82, 2.24) is 0 Å². The van der Waals surface area contributed by atoms with Crippen molar-refractivity contribution >= 4 is 45.8 Å². The van der Waals surface area contributed by atoms with Gasteiger partial charge in [0, 0.05) is 14.8 Å². The predicted octanol–water partition coefficient (Wildman–Crippen LogP) is 2.87. The Balaban J connectivity index is 1.80. The van der Waals surface area contributed by atoms with E-state index < -0.39 is 0 Å². The molecule has 3 rings (SSSR count). The predicted molar refractivity (Wildman–Crippen MR) is 87.7 cm³/mol. The first-order valence-electron chi connectivity index (χ1n) is 6.25. The van der Waals surface area contributed by atoms with E-state index in [1.54, 1.807) is 30.3 Å². The number of carbonyl (C=O) groups is 2. The lowest BCUT2D eigenvalue weighted by molar-refractivity contribution is -0.118. The Morgan fingerprint density at radius 1 is 1.24 bits per heavy atom. The van der Waals surface area contributed by atoms with Gasteiger partial charge >= 0.3 is 0 Å². The fourth-order valence-electron chi connectivity index (χ4n) is 1.99. The number of halogens is 1. The van der Waals surface area contributed by atoms with Crippen molar-refractivity contribution in [2.24, 2.45) is 0 Å². The van der Waals surface area contributed by atoms with Gasteiger partial charge in [-0.3, -0.25) is 9.59 Å². The molecular formula is C15H11IN2O3. The SMILES string of the molecule is O=C1COc2ccc(NC(=O)c3cccc(I)c3)cc2N1. The number of rotatable bonds is 2. The molecule has 0 saturated carbocycles. The Kier molecular flexibility index (Phi) is 3.78. The van der Waals surface area contributed by atoms with E-state index in [2.05, 4.69) is 33.2 Å². The molecule has 1 heterocycles. The fraction of sp³-hybridized carbons (Fsp3) is 0.0667. The summed E-state index contributed by atoms with van der Waals surface area (Å²) in [6, 6.07) is 12.4. The Labute approximate surface area is 134 Å². The van der Waals surface area contributed by atoms with Gasteiger partial charge in [-0.15, -0.1) is 0 Å². The van der Waals surface area contributed by atoms with Crippen LogP contribution in [0.2, 0.25) is 0 Å². The van der Waals surface area contributed by atoms with Gasteiger partial charge in [-0.2, -0.15) is 0 Å². The van der Waals surface area contributed by atoms with E-state index in [1.807, 2.05) is 12.1 Å². The molecule has 0 radical (unpaired) electrons. The van der Waals surface area contributed by atoms with Crippen molar-refractivity contribution in [2.45, 2.75) is 0 Å². The number of amides is 2. The maximum absolute atomic E-state index is 12.2. The van der Waals surface area contributed by atoms with Gasteiger partial charge in [0.1, 0.15) is 5.75 Å². The van der Waals surface area contributed by atoms with Crippen molar-refractivity contribution in [3.05, 3.63) is 51.6 Å². The standard InChI is InChI=1S/C15H11IN2O3/c16-10-3-1-2-9(6-10)15(20)17-11-4-5-13-12(7-11)18-14(19)8-21-13/h1-7H,8H2,(H,17,20)(H,18,19). The summed E-state index contributed by atoms with van der Waals surface area (Å²) < 4.78 is 6.26. The van der Waals surface area contributed by atoms with E-state index >= 15 is 0 Å². The third-order valence-corrected chi connectivity index (χ3v) is 3.63. The summed E-state index contributed by atoms with van der Waals surface area (Å²) in [5, 5.41) is 5.51. The fourth-order valence-corrected chi connectivity index (χ4v) is 2.54. The Hall–Kier alpha value is -2.09. The van der Waals surface area contributed by atoms with Crippen LogP contribution in [0.25, 0.3) is 0 Å². The van der Waals surface area contributed by atoms with E-state index in [9.17, 15) is 9.59 Å². The largest absolute Gasteiger partial charge is 0.482 e. The normalized spacial score (nSPS) is 12.9. The van der Waals surface area contributed by atoms with E-state index in [1.165, 1.54) is 0 Å². The summed E-state index contributed by atoms with van der Waals surface area (Å²) in [6.07, 6.45) is 0. The molecule has 5 nitrogen and oxygen atoms in total. The summed E-state index contributed by atoms with van der Waals surface area (Å²) in [6.45, 7) is 0.0150. The highest BCUT2D eigenvalue weighted by Gasteiger charge is 2.16. The number of nitrogens with one attached hydrogen (secondary N) is 2. The third-order valence-electron chi connectivity index (χ3n) is 2.96. The van der Waals surface area contributed by atoms with Crippen LogP contribution in [0.3, 0.4) is 0 Å². The van der Waals surface area contributed by atoms with E-state index in [0.717, 1.165) is 3.57 Å². The van der Waals surface area contributed by atoms with Crippen LogP contribution >= 0.6 is 22.6 Å². The molecule has 2 aromatic rings. The van der Waals surface area contributed by atoms with Gasteiger partial charge in [0.25, 0.3) is 11.8 Å². The van der Waals surface area contributed by atoms with Gasteiger partial charge in [0.15, 0.2) is 6.61 Å². The van der Waals surface area contributed by atoms with Crippen molar-refractivity contribution < 1.29 is 14.3 Å². The minimum absolute atomic E-state index is 0.0150. The lowest BCUT2D eigenvalue weighted by Crippen LogP contribution is -2.25. The quantitative estimate of drug-likeness (QED) is 0.770. The second kappa shape index (κ2) is 5.72. The van der Waals surface area contributed by atoms with Crippen molar-refractivity contribution in [3.8, 4) is 5.75 Å². The molecule has 21 heavy (non-hydrogen) atoms. The molecule has 2 N–H and O–H groups in total. The van der Waals surface area contributed by atoms with Crippen LogP contribution in [-0.4, -0.2) is 18.4 Å². The average molecular weight is 394 g/mol. The third kappa shape index (κ3) is 3.15. The van der Waals surface area contributed by atoms with Crippen LogP contribution in [0.15, 0.2) is 42.5 Å². The van der Waals surface area contributed by atoms with Gasteiger partial charge in [-0.1, -0.05) is 6.07 Å². The Morgan fingerprint density at radius 2 is 2.10 bits per heavy atom. The molecule has 0 bridgehead atoms. The molecule has 6 heteroatoms. The van der Waals surface area contributed by atoms with E-state index in [-0.39, 0.29) is 18.4 Å². The molecule has 0 spiro atoms. The molecule has 2 aromatic carbocycles. The molecule has 0 aromatic heterocycles. The smallest absolute Gasteiger partial charge is 0.262 e. The molecule has 2 amide bonds. The summed E-state index contributed by atoms with van der Waals surface area (Å²) in [7, 11) is 0. The second-order valence-electron chi connectivity index (χ2n) is 4.51. The van der Waals surface area contributed by atoms with Crippen molar-refractivity contribution in [1.29, 1.82) is 0 Å². The van der Waals surface area contributed by atoms with Crippen molar-refractivity contribution in [3.63, 3.8) is 0 Å². The molecule has 106 valence electrons. The van der Waals surface area contributed by atoms with Gasteiger partial charge in [0.05, 0.1) is 5.69 Å². The summed E-state index contributed by atoms with van der Waals surface area (Å²) >= 11 is 2.16. The van der Waals surface area contributed by atoms with Crippen LogP contribution in [0.4, 0.5) is 11.4 Å². The molecule has 0 atom stereocenters. The van der Waals surface area contributed by atoms with E-state index in [0.29, 0.717) is 22.7 Å². The number of anilines is 2. The lowest BCUT2D eigenvalue weighted by Gasteiger charge is -2.18. The monoisotopic (exact) mass is 394 g/mol. The summed E-state index contributed by atoms with van der Waals surface area (Å²) in [4.78, 5) is 23.5. The first-order chi connectivity index (χ1) is 10.1. The number of benzene rings is 2. The van der Waals surface area contributed by atoms with Crippen molar-refractivity contribution in [2.75, 3.05) is 17.2 Å². The zero-order valence-corrected chi connectivity index (χ0v) is 13.0. The lowest BCUT2D eigenvalue weighted by atomic mass is 10.2. The van der Waals surface area contributed by atoms with Gasteiger partial charge < -0.3 is 15.4 Å². The minimum atomic E-state index is -0.205. The molecule has 1 aliphatic rings. The molecule has 0 unspecified atom stereocenters. The summed E-state index contributed by atoms with van der Waals surface area (Å²) in [5.41, 5.74) is 1.75. The molecule has 0 aliphatic carbocycles. The molecule has 0 fully saturated rings. The van der Waals surface area contributed by atoms with Crippen LogP contribution in [0.1, 0.15) is 10.4 Å².